The summed E-state index contributed by atoms with van der Waals surface area (Å²) in [6.45, 7) is 13.8. The molecule has 116 valence electrons. The van der Waals surface area contributed by atoms with Crippen LogP contribution in [0.15, 0.2) is 17.2 Å². The smallest absolute Gasteiger partial charge is 0.236 e. The summed E-state index contributed by atoms with van der Waals surface area (Å²) in [5.74, 6) is 0.129. The van der Waals surface area contributed by atoms with Gasteiger partial charge in [-0.3, -0.25) is 4.79 Å². The van der Waals surface area contributed by atoms with Crippen LogP contribution in [0, 0.1) is 0 Å². The second-order valence-corrected chi connectivity index (χ2v) is 7.39. The second kappa shape index (κ2) is 5.88. The van der Waals surface area contributed by atoms with Gasteiger partial charge in [-0.15, -0.1) is 0 Å². The molecule has 0 aliphatic carbocycles. The van der Waals surface area contributed by atoms with Crippen molar-refractivity contribution in [3.05, 3.63) is 28.8 Å². The molecule has 4 heteroatoms. The number of nitrogens with one attached hydrogen (secondary N) is 1. The van der Waals surface area contributed by atoms with Crippen LogP contribution in [0.2, 0.25) is 0 Å². The van der Waals surface area contributed by atoms with E-state index in [1.54, 1.807) is 6.21 Å². The molecular formula is C17H26N2O2. The first kappa shape index (κ1) is 17.2. The van der Waals surface area contributed by atoms with Crippen molar-refractivity contribution in [1.82, 2.24) is 5.43 Å². The van der Waals surface area contributed by atoms with Gasteiger partial charge in [0.2, 0.25) is 5.91 Å². The molecule has 0 saturated heterocycles. The Balaban J connectivity index is 3.41. The molecule has 0 atom stereocenters. The number of hydrogen-bond acceptors (Lipinski definition) is 3. The number of amides is 1. The number of phenolic OH excluding ortho intramolecular Hbond substituents is 1. The van der Waals surface area contributed by atoms with Gasteiger partial charge in [0.1, 0.15) is 5.75 Å². The van der Waals surface area contributed by atoms with E-state index in [1.165, 1.54) is 6.92 Å². The fourth-order valence-electron chi connectivity index (χ4n) is 2.07. The molecular weight excluding hydrogens is 264 g/mol. The third kappa shape index (κ3) is 4.59. The number of aromatic hydroxyl groups is 1. The van der Waals surface area contributed by atoms with E-state index in [-0.39, 0.29) is 16.7 Å². The van der Waals surface area contributed by atoms with E-state index in [0.29, 0.717) is 5.75 Å². The van der Waals surface area contributed by atoms with Crippen LogP contribution in [0.4, 0.5) is 0 Å². The molecule has 0 bridgehead atoms. The zero-order valence-electron chi connectivity index (χ0n) is 14.0. The molecule has 0 unspecified atom stereocenters. The van der Waals surface area contributed by atoms with Crippen LogP contribution in [-0.2, 0) is 15.6 Å². The number of rotatable bonds is 2. The van der Waals surface area contributed by atoms with Crippen molar-refractivity contribution < 1.29 is 9.90 Å². The third-order valence-electron chi connectivity index (χ3n) is 3.18. The molecule has 1 aromatic rings. The van der Waals surface area contributed by atoms with Gasteiger partial charge >= 0.3 is 0 Å². The van der Waals surface area contributed by atoms with E-state index >= 15 is 0 Å². The van der Waals surface area contributed by atoms with E-state index < -0.39 is 0 Å². The van der Waals surface area contributed by atoms with E-state index in [4.69, 9.17) is 0 Å². The summed E-state index contributed by atoms with van der Waals surface area (Å²) >= 11 is 0. The van der Waals surface area contributed by atoms with Crippen LogP contribution in [0.25, 0.3) is 0 Å². The summed E-state index contributed by atoms with van der Waals surface area (Å²) < 4.78 is 0. The minimum absolute atomic E-state index is 0.179. The molecule has 0 aromatic heterocycles. The van der Waals surface area contributed by atoms with Gasteiger partial charge in [0.25, 0.3) is 0 Å². The van der Waals surface area contributed by atoms with Gasteiger partial charge in [0, 0.05) is 18.1 Å². The fourth-order valence-corrected chi connectivity index (χ4v) is 2.07. The van der Waals surface area contributed by atoms with Crippen molar-refractivity contribution >= 4 is 12.1 Å². The lowest BCUT2D eigenvalue weighted by Crippen LogP contribution is -2.18. The summed E-state index contributed by atoms with van der Waals surface area (Å²) in [5, 5.41) is 14.5. The summed E-state index contributed by atoms with van der Waals surface area (Å²) in [5.41, 5.74) is 4.64. The standard InChI is InChI=1S/C17H26N2O2/c1-11(20)19-18-10-12-8-13(16(2,3)4)15(21)14(9-12)17(5,6)7/h8-10,21H,1-7H3,(H,19,20)/b18-10-. The molecule has 1 amide bonds. The summed E-state index contributed by atoms with van der Waals surface area (Å²) in [7, 11) is 0. The third-order valence-corrected chi connectivity index (χ3v) is 3.18. The Morgan fingerprint density at radius 3 is 1.86 bits per heavy atom. The monoisotopic (exact) mass is 290 g/mol. The molecule has 21 heavy (non-hydrogen) atoms. The normalized spacial score (nSPS) is 12.7. The minimum atomic E-state index is -0.211. The molecule has 1 aromatic carbocycles. The zero-order valence-corrected chi connectivity index (χ0v) is 14.0. The predicted octanol–water partition coefficient (Wildman–Crippen LogP) is 3.46. The Morgan fingerprint density at radius 1 is 1.10 bits per heavy atom. The van der Waals surface area contributed by atoms with Crippen molar-refractivity contribution in [2.24, 2.45) is 5.10 Å². The second-order valence-electron chi connectivity index (χ2n) is 7.39. The predicted molar refractivity (Wildman–Crippen MR) is 86.9 cm³/mol. The van der Waals surface area contributed by atoms with Crippen molar-refractivity contribution in [1.29, 1.82) is 0 Å². The van der Waals surface area contributed by atoms with Crippen molar-refractivity contribution in [3.63, 3.8) is 0 Å². The Labute approximate surface area is 127 Å². The number of carbonyl (C=O) groups is 1. The molecule has 0 fully saturated rings. The Morgan fingerprint density at radius 2 is 1.52 bits per heavy atom. The van der Waals surface area contributed by atoms with Gasteiger partial charge in [0.05, 0.1) is 6.21 Å². The van der Waals surface area contributed by atoms with Crippen LogP contribution in [0.3, 0.4) is 0 Å². The lowest BCUT2D eigenvalue weighted by Gasteiger charge is -2.27. The minimum Gasteiger partial charge on any atom is -0.507 e. The molecule has 4 nitrogen and oxygen atoms in total. The SMILES string of the molecule is CC(=O)N/N=C\c1cc(C(C)(C)C)c(O)c(C(C)(C)C)c1. The first-order valence-corrected chi connectivity index (χ1v) is 7.10. The number of hydrogen-bond donors (Lipinski definition) is 2. The van der Waals surface area contributed by atoms with Gasteiger partial charge in [0.15, 0.2) is 0 Å². The molecule has 0 saturated carbocycles. The van der Waals surface area contributed by atoms with Crippen molar-refractivity contribution in [2.45, 2.75) is 59.3 Å². The van der Waals surface area contributed by atoms with Crippen molar-refractivity contribution in [2.75, 3.05) is 0 Å². The van der Waals surface area contributed by atoms with Crippen LogP contribution in [-0.4, -0.2) is 17.2 Å². The molecule has 0 aliphatic rings. The number of nitrogens with zero attached hydrogens (tertiary/aromatic N) is 1. The van der Waals surface area contributed by atoms with Crippen molar-refractivity contribution in [3.8, 4) is 5.75 Å². The van der Waals surface area contributed by atoms with E-state index in [0.717, 1.165) is 16.7 Å². The molecule has 0 radical (unpaired) electrons. The first-order valence-electron chi connectivity index (χ1n) is 7.10. The van der Waals surface area contributed by atoms with Gasteiger partial charge in [-0.05, 0) is 28.5 Å². The lowest BCUT2D eigenvalue weighted by atomic mass is 9.78. The van der Waals surface area contributed by atoms with Gasteiger partial charge in [-0.1, -0.05) is 41.5 Å². The van der Waals surface area contributed by atoms with Crippen LogP contribution < -0.4 is 5.43 Å². The van der Waals surface area contributed by atoms with Crippen LogP contribution >= 0.6 is 0 Å². The Kier molecular flexibility index (Phi) is 4.82. The highest BCUT2D eigenvalue weighted by atomic mass is 16.3. The van der Waals surface area contributed by atoms with Gasteiger partial charge < -0.3 is 5.11 Å². The lowest BCUT2D eigenvalue weighted by molar-refractivity contribution is -0.118. The summed E-state index contributed by atoms with van der Waals surface area (Å²) in [4.78, 5) is 10.9. The van der Waals surface area contributed by atoms with Gasteiger partial charge in [-0.25, -0.2) is 5.43 Å². The number of phenols is 1. The highest BCUT2D eigenvalue weighted by Gasteiger charge is 2.26. The molecule has 1 rings (SSSR count). The maximum Gasteiger partial charge on any atom is 0.236 e. The fraction of sp³-hybridized carbons (Fsp3) is 0.529. The zero-order chi connectivity index (χ0) is 16.4. The number of benzene rings is 1. The topological polar surface area (TPSA) is 61.7 Å². The average molecular weight is 290 g/mol. The van der Waals surface area contributed by atoms with E-state index in [9.17, 15) is 9.90 Å². The molecule has 0 heterocycles. The van der Waals surface area contributed by atoms with Gasteiger partial charge in [-0.2, -0.15) is 5.10 Å². The Hall–Kier alpha value is -1.84. The maximum atomic E-state index is 10.9. The number of carbonyl (C=O) groups excluding carboxylic acids is 1. The van der Waals surface area contributed by atoms with Crippen LogP contribution in [0.5, 0.6) is 5.75 Å². The number of hydrazone groups is 1. The first-order chi connectivity index (χ1) is 9.43. The highest BCUT2D eigenvalue weighted by molar-refractivity contribution is 5.83. The Bertz CT molecular complexity index is 526. The van der Waals surface area contributed by atoms with E-state index in [1.807, 2.05) is 12.1 Å². The highest BCUT2D eigenvalue weighted by Crippen LogP contribution is 2.39. The molecule has 0 spiro atoms. The quantitative estimate of drug-likeness (QED) is 0.647. The maximum absolute atomic E-state index is 10.9. The molecule has 0 aliphatic heterocycles. The van der Waals surface area contributed by atoms with Crippen LogP contribution in [0.1, 0.15) is 65.2 Å². The summed E-state index contributed by atoms with van der Waals surface area (Å²) in [6.07, 6.45) is 1.60. The largest absolute Gasteiger partial charge is 0.507 e. The molecule has 2 N–H and O–H groups in total. The van der Waals surface area contributed by atoms with E-state index in [2.05, 4.69) is 52.1 Å². The average Bonchev–Trinajstić information content (AvgIpc) is 2.27. The summed E-state index contributed by atoms with van der Waals surface area (Å²) in [6, 6.07) is 3.83.